The van der Waals surface area contributed by atoms with E-state index in [9.17, 15) is 35.1 Å². The molecule has 1 aromatic heterocycles. The number of piperazine rings is 1. The van der Waals surface area contributed by atoms with Crippen LogP contribution in [0, 0.1) is 5.92 Å². The number of hydrogen-bond donors (Lipinski definition) is 1. The Balaban J connectivity index is 1.72. The van der Waals surface area contributed by atoms with Crippen LogP contribution in [0.2, 0.25) is 0 Å². The molecule has 1 saturated heterocycles. The quantitative estimate of drug-likeness (QED) is 0.410. The lowest BCUT2D eigenvalue weighted by molar-refractivity contribution is -0.258. The van der Waals surface area contributed by atoms with Crippen molar-refractivity contribution < 1.29 is 35.1 Å². The highest BCUT2D eigenvalue weighted by atomic mass is 32.3. The maximum Gasteiger partial charge on any atom is 0.421 e. The number of nitrogens with zero attached hydrogens (tertiary/aromatic N) is 4. The van der Waals surface area contributed by atoms with Crippen molar-refractivity contribution in [3.8, 4) is 0 Å². The molecule has 1 aromatic carbocycles. The van der Waals surface area contributed by atoms with Gasteiger partial charge in [-0.25, -0.2) is 16.8 Å². The highest BCUT2D eigenvalue weighted by Gasteiger charge is 2.51. The molecule has 9 nitrogen and oxygen atoms in total. The third-order valence-corrected chi connectivity index (χ3v) is 13.2. The van der Waals surface area contributed by atoms with Crippen LogP contribution < -0.4 is 9.21 Å². The summed E-state index contributed by atoms with van der Waals surface area (Å²) in [5.74, 6) is -0.336. The zero-order valence-corrected chi connectivity index (χ0v) is 25.9. The van der Waals surface area contributed by atoms with Crippen molar-refractivity contribution in [1.82, 2.24) is 9.29 Å². The summed E-state index contributed by atoms with van der Waals surface area (Å²) in [6, 6.07) is 7.75. The second kappa shape index (κ2) is 12.3. The summed E-state index contributed by atoms with van der Waals surface area (Å²) in [6.45, 7) is 4.38. The number of pyridine rings is 1. The number of alkyl halides is 3. The number of hydrogen-bond acceptors (Lipinski definition) is 8. The predicted octanol–water partition coefficient (Wildman–Crippen LogP) is 4.14. The first kappa shape index (κ1) is 32.6. The molecule has 2 unspecified atom stereocenters. The Morgan fingerprint density at radius 3 is 2.36 bits per heavy atom. The Morgan fingerprint density at radius 2 is 1.81 bits per heavy atom. The van der Waals surface area contributed by atoms with E-state index < -0.39 is 42.4 Å². The molecule has 3 atom stereocenters. The number of halogens is 3. The van der Waals surface area contributed by atoms with E-state index in [4.69, 9.17) is 0 Å². The molecule has 4 rings (SSSR count). The van der Waals surface area contributed by atoms with E-state index in [1.54, 1.807) is 37.5 Å². The lowest BCUT2D eigenvalue weighted by Crippen LogP contribution is -2.60. The monoisotopic (exact) mass is 648 g/mol. The van der Waals surface area contributed by atoms with Gasteiger partial charge in [0.2, 0.25) is 20.0 Å². The van der Waals surface area contributed by atoms with Crippen LogP contribution in [-0.4, -0.2) is 80.0 Å². The van der Waals surface area contributed by atoms with Gasteiger partial charge in [0.05, 0.1) is 30.2 Å². The topological polar surface area (TPSA) is 111 Å². The minimum Gasteiger partial charge on any atom is -0.376 e. The van der Waals surface area contributed by atoms with Gasteiger partial charge in [-0.15, -0.1) is 11.8 Å². The maximum atomic E-state index is 13.6. The summed E-state index contributed by atoms with van der Waals surface area (Å²) in [5.41, 5.74) is -2.61. The van der Waals surface area contributed by atoms with E-state index in [-0.39, 0.29) is 43.4 Å². The van der Waals surface area contributed by atoms with Crippen molar-refractivity contribution in [2.45, 2.75) is 49.6 Å². The molecule has 0 radical (unpaired) electrons. The minimum absolute atomic E-state index is 0.0324. The van der Waals surface area contributed by atoms with E-state index in [0.29, 0.717) is 24.7 Å². The first-order valence-electron chi connectivity index (χ1n) is 13.4. The highest BCUT2D eigenvalue weighted by Crippen LogP contribution is 2.39. The van der Waals surface area contributed by atoms with Gasteiger partial charge in [0.1, 0.15) is 4.58 Å². The Bertz CT molecular complexity index is 1460. The summed E-state index contributed by atoms with van der Waals surface area (Å²) < 4.78 is 96.4. The Hall–Kier alpha value is -2.33. The average molecular weight is 649 g/mol. The molecule has 3 heterocycles. The molecule has 2 aromatic rings. The van der Waals surface area contributed by atoms with Crippen molar-refractivity contribution in [3.63, 3.8) is 0 Å². The standard InChI is InChI=1S/C27H35F3N4O5S3/c1-20(2)19-41(36,37)34(23-6-4-12-31-16-23)18-24-17-32(42(38,39)25-7-5-15-40-25)13-14-33(24)22-10-8-21(9-11-22)26(3,35)27(28,29)30/h4-6,8-12,15-16,20,24-25,35H,7,13-14,17-19H2,1-3H3/t24-,25?,26?/m1/s1. The number of anilines is 2. The lowest BCUT2D eigenvalue weighted by Gasteiger charge is -2.44. The minimum atomic E-state index is -4.89. The lowest BCUT2D eigenvalue weighted by atomic mass is 9.95. The van der Waals surface area contributed by atoms with Crippen LogP contribution in [-0.2, 0) is 25.6 Å². The normalized spacial score (nSPS) is 22.0. The fourth-order valence-electron chi connectivity index (χ4n) is 5.00. The van der Waals surface area contributed by atoms with Gasteiger partial charge < -0.3 is 10.0 Å². The molecule has 2 aliphatic rings. The van der Waals surface area contributed by atoms with Crippen LogP contribution in [0.25, 0.3) is 0 Å². The van der Waals surface area contributed by atoms with Crippen molar-refractivity contribution in [2.24, 2.45) is 5.92 Å². The number of aromatic nitrogens is 1. The highest BCUT2D eigenvalue weighted by molar-refractivity contribution is 8.14. The van der Waals surface area contributed by atoms with Gasteiger partial charge in [-0.2, -0.15) is 17.5 Å². The fraction of sp³-hybridized carbons (Fsp3) is 0.519. The van der Waals surface area contributed by atoms with Gasteiger partial charge in [-0.05, 0) is 54.5 Å². The number of thioether (sulfide) groups is 1. The smallest absolute Gasteiger partial charge is 0.376 e. The molecule has 1 fully saturated rings. The second-order valence-corrected chi connectivity index (χ2v) is 16.4. The molecule has 0 spiro atoms. The van der Waals surface area contributed by atoms with Crippen LogP contribution >= 0.6 is 11.8 Å². The Morgan fingerprint density at radius 1 is 1.12 bits per heavy atom. The molecule has 42 heavy (non-hydrogen) atoms. The molecule has 0 saturated carbocycles. The summed E-state index contributed by atoms with van der Waals surface area (Å²) in [5, 5.41) is 11.9. The number of benzene rings is 1. The van der Waals surface area contributed by atoms with E-state index in [2.05, 4.69) is 4.98 Å². The number of rotatable bonds is 10. The van der Waals surface area contributed by atoms with Crippen molar-refractivity contribution in [3.05, 3.63) is 65.8 Å². The van der Waals surface area contributed by atoms with E-state index in [0.717, 1.165) is 0 Å². The Kier molecular flexibility index (Phi) is 9.58. The first-order chi connectivity index (χ1) is 19.5. The molecular formula is C27H35F3N4O5S3. The van der Waals surface area contributed by atoms with Gasteiger partial charge in [0.25, 0.3) is 0 Å². The van der Waals surface area contributed by atoms with E-state index >= 15 is 0 Å². The van der Waals surface area contributed by atoms with E-state index in [1.807, 2.05) is 4.90 Å². The molecule has 232 valence electrons. The molecule has 0 amide bonds. The SMILES string of the molecule is CC(C)CS(=O)(=O)N(C[C@H]1CN(S(=O)(=O)C2CC=CS2)CCN1c1ccc(C(C)(O)C(F)(F)F)cc1)c1cccnc1. The predicted molar refractivity (Wildman–Crippen MR) is 159 cm³/mol. The summed E-state index contributed by atoms with van der Waals surface area (Å²) in [7, 11) is -7.59. The summed E-state index contributed by atoms with van der Waals surface area (Å²) in [4.78, 5) is 5.89. The number of aliphatic hydroxyl groups is 1. The van der Waals surface area contributed by atoms with Crippen molar-refractivity contribution in [2.75, 3.05) is 41.1 Å². The van der Waals surface area contributed by atoms with Gasteiger partial charge >= 0.3 is 6.18 Å². The van der Waals surface area contributed by atoms with Gasteiger partial charge in [-0.1, -0.05) is 32.1 Å². The molecule has 15 heteroatoms. The fourth-order valence-corrected chi connectivity index (χ4v) is 9.99. The number of allylic oxidation sites excluding steroid dienone is 1. The largest absolute Gasteiger partial charge is 0.421 e. The van der Waals surface area contributed by atoms with Crippen LogP contribution in [0.15, 0.2) is 60.3 Å². The Labute approximate surface area is 249 Å². The summed E-state index contributed by atoms with van der Waals surface area (Å²) in [6.07, 6.45) is 0.208. The molecular weight excluding hydrogens is 614 g/mol. The maximum absolute atomic E-state index is 13.6. The average Bonchev–Trinajstić information content (AvgIpc) is 3.47. The molecule has 0 bridgehead atoms. The van der Waals surface area contributed by atoms with Gasteiger partial charge in [-0.3, -0.25) is 9.29 Å². The third kappa shape index (κ3) is 6.90. The molecule has 1 N–H and O–H groups in total. The second-order valence-electron chi connectivity index (χ2n) is 11.0. The van der Waals surface area contributed by atoms with E-state index in [1.165, 1.54) is 57.0 Å². The van der Waals surface area contributed by atoms with Crippen LogP contribution in [0.3, 0.4) is 0 Å². The summed E-state index contributed by atoms with van der Waals surface area (Å²) >= 11 is 1.22. The van der Waals surface area contributed by atoms with Crippen LogP contribution in [0.4, 0.5) is 24.5 Å². The van der Waals surface area contributed by atoms with Gasteiger partial charge in [0, 0.05) is 31.5 Å². The molecule has 0 aliphatic carbocycles. The van der Waals surface area contributed by atoms with Crippen molar-refractivity contribution in [1.29, 1.82) is 0 Å². The first-order valence-corrected chi connectivity index (χ1v) is 17.5. The zero-order valence-electron chi connectivity index (χ0n) is 23.5. The third-order valence-electron chi connectivity index (χ3n) is 7.30. The van der Waals surface area contributed by atoms with Crippen LogP contribution in [0.1, 0.15) is 32.8 Å². The van der Waals surface area contributed by atoms with Crippen LogP contribution in [0.5, 0.6) is 0 Å². The molecule has 2 aliphatic heterocycles. The van der Waals surface area contributed by atoms with Gasteiger partial charge in [0.15, 0.2) is 5.60 Å². The zero-order chi connectivity index (χ0) is 30.9. The number of sulfonamides is 2. The van der Waals surface area contributed by atoms with Crippen molar-refractivity contribution >= 4 is 43.2 Å².